The molecule has 8 heteroatoms. The number of hydrogen-bond acceptors (Lipinski definition) is 5. The van der Waals surface area contributed by atoms with Gasteiger partial charge >= 0.3 is 0 Å². The van der Waals surface area contributed by atoms with Crippen LogP contribution in [0.4, 0.5) is 0 Å². The van der Waals surface area contributed by atoms with E-state index in [1.165, 1.54) is 15.9 Å². The molecule has 0 atom stereocenters. The largest absolute Gasteiger partial charge is 0.497 e. The van der Waals surface area contributed by atoms with E-state index in [4.69, 9.17) is 4.74 Å². The third kappa shape index (κ3) is 6.37. The Morgan fingerprint density at radius 2 is 1.74 bits per heavy atom. The smallest absolute Gasteiger partial charge is 0.251 e. The van der Waals surface area contributed by atoms with E-state index >= 15 is 0 Å². The molecular weight excluding hydrogens is 450 g/mol. The Morgan fingerprint density at radius 1 is 1.09 bits per heavy atom. The van der Waals surface area contributed by atoms with Crippen molar-refractivity contribution in [2.24, 2.45) is 5.92 Å². The van der Waals surface area contributed by atoms with Crippen molar-refractivity contribution in [1.29, 1.82) is 0 Å². The Labute approximate surface area is 204 Å². The van der Waals surface area contributed by atoms with Crippen molar-refractivity contribution in [2.75, 3.05) is 39.8 Å². The first-order valence-corrected chi connectivity index (χ1v) is 13.5. The number of methoxy groups -OCH3 is 1. The van der Waals surface area contributed by atoms with Gasteiger partial charge in [-0.05, 0) is 74.2 Å². The summed E-state index contributed by atoms with van der Waals surface area (Å²) in [6.45, 7) is 9.67. The topological polar surface area (TPSA) is 79.0 Å². The van der Waals surface area contributed by atoms with E-state index in [-0.39, 0.29) is 10.8 Å². The van der Waals surface area contributed by atoms with Crippen molar-refractivity contribution < 1.29 is 17.9 Å². The van der Waals surface area contributed by atoms with Crippen molar-refractivity contribution in [3.63, 3.8) is 0 Å². The molecule has 0 aliphatic carbocycles. The normalized spacial score (nSPS) is 15.4. The fourth-order valence-electron chi connectivity index (χ4n) is 4.40. The number of piperidine rings is 1. The molecule has 1 saturated heterocycles. The maximum atomic E-state index is 13.0. The van der Waals surface area contributed by atoms with Crippen LogP contribution in [0.25, 0.3) is 0 Å². The zero-order valence-electron chi connectivity index (χ0n) is 20.7. The van der Waals surface area contributed by atoms with Gasteiger partial charge in [0.25, 0.3) is 5.91 Å². The number of ether oxygens (including phenoxy) is 1. The van der Waals surface area contributed by atoms with Gasteiger partial charge < -0.3 is 10.1 Å². The first kappa shape index (κ1) is 26.2. The molecule has 1 amide bonds. The summed E-state index contributed by atoms with van der Waals surface area (Å²) in [5.41, 5.74) is 2.29. The standard InChI is InChI=1S/C26H37N3O4S/c1-5-29(6-2)34(31,32)25-17-23(10-7-20(25)3)26(30)27-18-21-13-15-28(16-14-21)19-22-8-11-24(33-4)12-9-22/h7-12,17,21H,5-6,13-16,18-19H2,1-4H3,(H,27,30). The van der Waals surface area contributed by atoms with Crippen molar-refractivity contribution in [3.05, 3.63) is 59.2 Å². The maximum absolute atomic E-state index is 13.0. The van der Waals surface area contributed by atoms with Gasteiger partial charge in [0.15, 0.2) is 0 Å². The lowest BCUT2D eigenvalue weighted by molar-refractivity contribution is 0.0935. The van der Waals surface area contributed by atoms with Crippen LogP contribution in [-0.4, -0.2) is 63.4 Å². The molecule has 0 unspecified atom stereocenters. The van der Waals surface area contributed by atoms with Crippen LogP contribution in [0.5, 0.6) is 5.75 Å². The molecule has 3 rings (SSSR count). The SMILES string of the molecule is CCN(CC)S(=O)(=O)c1cc(C(=O)NCC2CCN(Cc3ccc(OC)cc3)CC2)ccc1C. The molecule has 186 valence electrons. The number of nitrogens with zero attached hydrogens (tertiary/aromatic N) is 2. The molecular formula is C26H37N3O4S. The molecule has 2 aromatic carbocycles. The van der Waals surface area contributed by atoms with E-state index in [0.29, 0.717) is 36.7 Å². The number of hydrogen-bond donors (Lipinski definition) is 1. The molecule has 0 saturated carbocycles. The van der Waals surface area contributed by atoms with Crippen molar-refractivity contribution in [1.82, 2.24) is 14.5 Å². The summed E-state index contributed by atoms with van der Waals surface area (Å²) in [7, 11) is -1.95. The summed E-state index contributed by atoms with van der Waals surface area (Å²) < 4.78 is 32.6. The third-order valence-corrected chi connectivity index (χ3v) is 8.79. The van der Waals surface area contributed by atoms with E-state index in [9.17, 15) is 13.2 Å². The summed E-state index contributed by atoms with van der Waals surface area (Å²) in [6.07, 6.45) is 2.04. The van der Waals surface area contributed by atoms with Crippen LogP contribution >= 0.6 is 0 Å². The molecule has 0 radical (unpaired) electrons. The predicted molar refractivity (Wildman–Crippen MR) is 135 cm³/mol. The van der Waals surface area contributed by atoms with E-state index in [1.54, 1.807) is 26.2 Å². The average molecular weight is 488 g/mol. The second-order valence-electron chi connectivity index (χ2n) is 8.85. The van der Waals surface area contributed by atoms with Crippen LogP contribution < -0.4 is 10.1 Å². The van der Waals surface area contributed by atoms with Crippen LogP contribution in [0.2, 0.25) is 0 Å². The molecule has 0 aromatic heterocycles. The number of sulfonamides is 1. The monoisotopic (exact) mass is 487 g/mol. The number of amides is 1. The highest BCUT2D eigenvalue weighted by Gasteiger charge is 2.25. The van der Waals surface area contributed by atoms with Crippen LogP contribution in [0.3, 0.4) is 0 Å². The molecule has 1 heterocycles. The second kappa shape index (κ2) is 11.8. The van der Waals surface area contributed by atoms with Crippen molar-refractivity contribution >= 4 is 15.9 Å². The van der Waals surface area contributed by atoms with Crippen LogP contribution in [0.15, 0.2) is 47.4 Å². The van der Waals surface area contributed by atoms with Gasteiger partial charge in [0.2, 0.25) is 10.0 Å². The lowest BCUT2D eigenvalue weighted by Crippen LogP contribution is -2.38. The number of benzene rings is 2. The lowest BCUT2D eigenvalue weighted by atomic mass is 9.96. The highest BCUT2D eigenvalue weighted by Crippen LogP contribution is 2.22. The van der Waals surface area contributed by atoms with Gasteiger partial charge in [-0.2, -0.15) is 4.31 Å². The number of carbonyl (C=O) groups is 1. The van der Waals surface area contributed by atoms with E-state index < -0.39 is 10.0 Å². The minimum absolute atomic E-state index is 0.204. The van der Waals surface area contributed by atoms with Gasteiger partial charge in [-0.3, -0.25) is 9.69 Å². The molecule has 1 aliphatic heterocycles. The Bertz CT molecular complexity index is 1060. The number of nitrogens with one attached hydrogen (secondary N) is 1. The molecule has 0 spiro atoms. The fraction of sp³-hybridized carbons (Fsp3) is 0.500. The predicted octanol–water partition coefficient (Wildman–Crippen LogP) is 3.68. The summed E-state index contributed by atoms with van der Waals surface area (Å²) in [5, 5.41) is 3.02. The number of aryl methyl sites for hydroxylation is 1. The molecule has 2 aromatic rings. The van der Waals surface area contributed by atoms with Crippen LogP contribution in [0, 0.1) is 12.8 Å². The van der Waals surface area contributed by atoms with Crippen LogP contribution in [0.1, 0.15) is 48.2 Å². The quantitative estimate of drug-likeness (QED) is 0.553. The fourth-order valence-corrected chi connectivity index (χ4v) is 6.11. The zero-order chi connectivity index (χ0) is 24.7. The first-order chi connectivity index (χ1) is 16.3. The van der Waals surface area contributed by atoms with Gasteiger partial charge in [0, 0.05) is 31.7 Å². The summed E-state index contributed by atoms with van der Waals surface area (Å²) in [5.74, 6) is 1.06. The Balaban J connectivity index is 1.53. The average Bonchev–Trinajstić information content (AvgIpc) is 2.84. The molecule has 0 bridgehead atoms. The van der Waals surface area contributed by atoms with E-state index in [0.717, 1.165) is 38.2 Å². The minimum atomic E-state index is -3.62. The van der Waals surface area contributed by atoms with Gasteiger partial charge in [0.05, 0.1) is 12.0 Å². The summed E-state index contributed by atoms with van der Waals surface area (Å²) in [6, 6.07) is 13.1. The summed E-state index contributed by atoms with van der Waals surface area (Å²) in [4.78, 5) is 15.4. The zero-order valence-corrected chi connectivity index (χ0v) is 21.5. The number of rotatable bonds is 10. The number of carbonyl (C=O) groups excluding carboxylic acids is 1. The second-order valence-corrected chi connectivity index (χ2v) is 10.8. The van der Waals surface area contributed by atoms with Gasteiger partial charge in [-0.1, -0.05) is 32.0 Å². The number of likely N-dealkylation sites (tertiary alicyclic amines) is 1. The third-order valence-electron chi connectivity index (χ3n) is 6.60. The molecule has 1 N–H and O–H groups in total. The highest BCUT2D eigenvalue weighted by molar-refractivity contribution is 7.89. The Morgan fingerprint density at radius 3 is 2.32 bits per heavy atom. The molecule has 1 aliphatic rings. The van der Waals surface area contributed by atoms with Gasteiger partial charge in [0.1, 0.15) is 5.75 Å². The first-order valence-electron chi connectivity index (χ1n) is 12.0. The van der Waals surface area contributed by atoms with Crippen molar-refractivity contribution in [2.45, 2.75) is 45.1 Å². The minimum Gasteiger partial charge on any atom is -0.497 e. The Kier molecular flexibility index (Phi) is 9.10. The van der Waals surface area contributed by atoms with E-state index in [2.05, 4.69) is 22.3 Å². The molecule has 7 nitrogen and oxygen atoms in total. The molecule has 1 fully saturated rings. The van der Waals surface area contributed by atoms with Gasteiger partial charge in [-0.25, -0.2) is 8.42 Å². The van der Waals surface area contributed by atoms with Crippen molar-refractivity contribution in [3.8, 4) is 5.75 Å². The highest BCUT2D eigenvalue weighted by atomic mass is 32.2. The molecule has 34 heavy (non-hydrogen) atoms. The Hall–Kier alpha value is -2.42. The van der Waals surface area contributed by atoms with Crippen LogP contribution in [-0.2, 0) is 16.6 Å². The maximum Gasteiger partial charge on any atom is 0.251 e. The summed E-state index contributed by atoms with van der Waals surface area (Å²) >= 11 is 0. The van der Waals surface area contributed by atoms with Gasteiger partial charge in [-0.15, -0.1) is 0 Å². The van der Waals surface area contributed by atoms with E-state index in [1.807, 2.05) is 26.0 Å². The lowest BCUT2D eigenvalue weighted by Gasteiger charge is -2.32.